The van der Waals surface area contributed by atoms with Crippen LogP contribution in [0.15, 0.2) is 0 Å². The van der Waals surface area contributed by atoms with Crippen LogP contribution >= 0.6 is 0 Å². The molecule has 0 atom stereocenters. The maximum absolute atomic E-state index is 11.7. The van der Waals surface area contributed by atoms with E-state index in [1.165, 1.54) is 0 Å². The van der Waals surface area contributed by atoms with Gasteiger partial charge in [0.2, 0.25) is 0 Å². The van der Waals surface area contributed by atoms with Crippen LogP contribution in [-0.2, 0) is 0 Å². The predicted octanol–water partition coefficient (Wildman–Crippen LogP) is -0.226. The summed E-state index contributed by atoms with van der Waals surface area (Å²) in [4.78, 5) is 0. The minimum absolute atomic E-state index is 0.394. The molecule has 1 fully saturated rings. The molecule has 0 amide bonds. The molecule has 0 aromatic rings. The van der Waals surface area contributed by atoms with Crippen LogP contribution in [0, 0.1) is 0 Å². The summed E-state index contributed by atoms with van der Waals surface area (Å²) in [5, 5.41) is 3.74. The fraction of sp³-hybridized carbons (Fsp3) is 1.00. The number of rotatable bonds is 1. The molecule has 2 nitrogen and oxygen atoms in total. The van der Waals surface area contributed by atoms with Gasteiger partial charge in [0.15, 0.2) is 0 Å². The van der Waals surface area contributed by atoms with Gasteiger partial charge in [0.25, 0.3) is 0 Å². The van der Waals surface area contributed by atoms with E-state index < -0.39 is 0 Å². The molecule has 7 heavy (non-hydrogen) atoms. The van der Waals surface area contributed by atoms with Gasteiger partial charge in [-0.1, -0.05) is 0 Å². The molecule has 0 saturated carbocycles. The molecular formula is C4H9FN2. The SMILES string of the molecule is CNC1CN(F)C1. The molecule has 0 aliphatic carbocycles. The highest BCUT2D eigenvalue weighted by Gasteiger charge is 2.24. The maximum Gasteiger partial charge on any atom is 0.0458 e. The van der Waals surface area contributed by atoms with E-state index in [4.69, 9.17) is 0 Å². The minimum atomic E-state index is 0.394. The van der Waals surface area contributed by atoms with E-state index in [1.54, 1.807) is 0 Å². The van der Waals surface area contributed by atoms with E-state index in [0.29, 0.717) is 19.1 Å². The lowest BCUT2D eigenvalue weighted by atomic mass is 10.2. The van der Waals surface area contributed by atoms with Crippen LogP contribution in [0.3, 0.4) is 0 Å². The first-order valence-corrected chi connectivity index (χ1v) is 2.41. The summed E-state index contributed by atoms with van der Waals surface area (Å²) in [5.74, 6) is 0. The summed E-state index contributed by atoms with van der Waals surface area (Å²) in [6.07, 6.45) is 0. The average molecular weight is 104 g/mol. The van der Waals surface area contributed by atoms with Gasteiger partial charge in [0, 0.05) is 19.1 Å². The molecule has 0 aromatic heterocycles. The highest BCUT2D eigenvalue weighted by atomic mass is 19.2. The van der Waals surface area contributed by atoms with Crippen molar-refractivity contribution in [2.24, 2.45) is 0 Å². The fourth-order valence-electron chi connectivity index (χ4n) is 0.607. The predicted molar refractivity (Wildman–Crippen MR) is 25.5 cm³/mol. The third-order valence-electron chi connectivity index (χ3n) is 1.25. The first kappa shape index (κ1) is 5.00. The van der Waals surface area contributed by atoms with Crippen LogP contribution in [-0.4, -0.2) is 31.3 Å². The first-order chi connectivity index (χ1) is 3.33. The van der Waals surface area contributed by atoms with Crippen molar-refractivity contribution in [3.63, 3.8) is 0 Å². The van der Waals surface area contributed by atoms with Crippen molar-refractivity contribution in [1.82, 2.24) is 10.4 Å². The summed E-state index contributed by atoms with van der Waals surface area (Å²) < 4.78 is 11.7. The Morgan fingerprint density at radius 2 is 2.29 bits per heavy atom. The molecule has 1 heterocycles. The van der Waals surface area contributed by atoms with E-state index >= 15 is 0 Å². The number of nitrogens with zero attached hydrogens (tertiary/aromatic N) is 1. The van der Waals surface area contributed by atoms with Gasteiger partial charge in [-0.25, -0.2) is 0 Å². The Hall–Kier alpha value is -0.150. The monoisotopic (exact) mass is 104 g/mol. The van der Waals surface area contributed by atoms with Crippen molar-refractivity contribution >= 4 is 0 Å². The highest BCUT2D eigenvalue weighted by molar-refractivity contribution is 4.78. The minimum Gasteiger partial charge on any atom is -0.314 e. The Morgan fingerprint density at radius 1 is 1.71 bits per heavy atom. The summed E-state index contributed by atoms with van der Waals surface area (Å²) in [6, 6.07) is 0.394. The quantitative estimate of drug-likeness (QED) is 0.462. The Labute approximate surface area is 42.2 Å². The number of nitrogens with one attached hydrogen (secondary N) is 1. The molecule has 1 saturated heterocycles. The van der Waals surface area contributed by atoms with Gasteiger partial charge in [-0.15, -0.1) is 9.60 Å². The number of halogens is 1. The maximum atomic E-state index is 11.7. The van der Waals surface area contributed by atoms with Crippen LogP contribution in [0.2, 0.25) is 0 Å². The first-order valence-electron chi connectivity index (χ1n) is 2.41. The van der Waals surface area contributed by atoms with E-state index in [9.17, 15) is 4.48 Å². The van der Waals surface area contributed by atoms with Crippen molar-refractivity contribution in [3.8, 4) is 0 Å². The fourth-order valence-corrected chi connectivity index (χ4v) is 0.607. The van der Waals surface area contributed by atoms with Gasteiger partial charge in [-0.3, -0.25) is 0 Å². The molecule has 0 radical (unpaired) electrons. The Morgan fingerprint density at radius 3 is 2.43 bits per heavy atom. The topological polar surface area (TPSA) is 15.3 Å². The van der Waals surface area contributed by atoms with Crippen LogP contribution in [0.4, 0.5) is 4.48 Å². The van der Waals surface area contributed by atoms with Crippen LogP contribution < -0.4 is 5.32 Å². The summed E-state index contributed by atoms with van der Waals surface area (Å²) in [6.45, 7) is 1.10. The summed E-state index contributed by atoms with van der Waals surface area (Å²) in [5.41, 5.74) is 0. The van der Waals surface area contributed by atoms with E-state index in [0.717, 1.165) is 5.12 Å². The average Bonchev–Trinajstić information content (AvgIpc) is 1.58. The van der Waals surface area contributed by atoms with Crippen molar-refractivity contribution in [2.75, 3.05) is 20.1 Å². The van der Waals surface area contributed by atoms with Crippen molar-refractivity contribution in [2.45, 2.75) is 6.04 Å². The molecule has 1 N–H and O–H groups in total. The largest absolute Gasteiger partial charge is 0.314 e. The standard InChI is InChI=1S/C4H9FN2/c1-6-4-2-7(5)3-4/h4,6H,2-3H2,1H3. The molecule has 0 aromatic carbocycles. The van der Waals surface area contributed by atoms with Gasteiger partial charge in [0.05, 0.1) is 0 Å². The van der Waals surface area contributed by atoms with Gasteiger partial charge >= 0.3 is 0 Å². The third kappa shape index (κ3) is 0.894. The summed E-state index contributed by atoms with van der Waals surface area (Å²) in [7, 11) is 1.84. The van der Waals surface area contributed by atoms with E-state index in [1.807, 2.05) is 7.05 Å². The van der Waals surface area contributed by atoms with Gasteiger partial charge in [0.1, 0.15) is 0 Å². The van der Waals surface area contributed by atoms with Crippen molar-refractivity contribution < 1.29 is 4.48 Å². The van der Waals surface area contributed by atoms with Gasteiger partial charge < -0.3 is 5.32 Å². The second-order valence-electron chi connectivity index (χ2n) is 1.81. The number of likely N-dealkylation sites (N-methyl/N-ethyl adjacent to an activating group) is 1. The molecule has 0 unspecified atom stereocenters. The third-order valence-corrected chi connectivity index (χ3v) is 1.25. The molecular weight excluding hydrogens is 95.1 g/mol. The van der Waals surface area contributed by atoms with E-state index in [2.05, 4.69) is 5.32 Å². The zero-order chi connectivity index (χ0) is 5.28. The van der Waals surface area contributed by atoms with Crippen molar-refractivity contribution in [1.29, 1.82) is 0 Å². The molecule has 3 heteroatoms. The van der Waals surface area contributed by atoms with Crippen LogP contribution in [0.1, 0.15) is 0 Å². The Balaban J connectivity index is 2.06. The zero-order valence-electron chi connectivity index (χ0n) is 4.32. The van der Waals surface area contributed by atoms with E-state index in [-0.39, 0.29) is 0 Å². The normalized spacial score (nSPS) is 24.9. The molecule has 1 rings (SSSR count). The second-order valence-corrected chi connectivity index (χ2v) is 1.81. The molecule has 0 spiro atoms. The van der Waals surface area contributed by atoms with Gasteiger partial charge in [-0.05, 0) is 7.05 Å². The highest BCUT2D eigenvalue weighted by Crippen LogP contribution is 2.05. The lowest BCUT2D eigenvalue weighted by Crippen LogP contribution is -2.52. The Kier molecular flexibility index (Phi) is 1.25. The second kappa shape index (κ2) is 1.76. The number of hydrogen-bond acceptors (Lipinski definition) is 2. The van der Waals surface area contributed by atoms with Crippen LogP contribution in [0.25, 0.3) is 0 Å². The van der Waals surface area contributed by atoms with Gasteiger partial charge in [-0.2, -0.15) is 0 Å². The number of hydrogen-bond donors (Lipinski definition) is 1. The molecule has 1 aliphatic heterocycles. The lowest BCUT2D eigenvalue weighted by Gasteiger charge is -2.30. The molecule has 42 valence electrons. The Bertz CT molecular complexity index is 60.7. The smallest absolute Gasteiger partial charge is 0.0458 e. The zero-order valence-corrected chi connectivity index (χ0v) is 4.32. The molecule has 0 bridgehead atoms. The summed E-state index contributed by atoms with van der Waals surface area (Å²) >= 11 is 0. The molecule has 1 aliphatic rings. The lowest BCUT2D eigenvalue weighted by molar-refractivity contribution is -0.0569. The van der Waals surface area contributed by atoms with Crippen molar-refractivity contribution in [3.05, 3.63) is 0 Å². The van der Waals surface area contributed by atoms with Crippen LogP contribution in [0.5, 0.6) is 0 Å².